The molecule has 6 N–H and O–H groups in total. The van der Waals surface area contributed by atoms with Crippen LogP contribution in [0.2, 0.25) is 0 Å². The van der Waals surface area contributed by atoms with Gasteiger partial charge in [-0.3, -0.25) is 14.4 Å². The molecule has 1 aromatic rings. The first-order chi connectivity index (χ1) is 19.0. The maximum atomic E-state index is 13.2. The van der Waals surface area contributed by atoms with Crippen molar-refractivity contribution in [2.45, 2.75) is 68.8 Å². The Kier molecular flexibility index (Phi) is 7.98. The third kappa shape index (κ3) is 4.91. The van der Waals surface area contributed by atoms with Gasteiger partial charge in [0.15, 0.2) is 5.78 Å². The second kappa shape index (κ2) is 11.2. The van der Waals surface area contributed by atoms with Crippen molar-refractivity contribution in [1.29, 1.82) is 0 Å². The first-order valence-corrected chi connectivity index (χ1v) is 14.2. The molecule has 0 radical (unpaired) electrons. The quantitative estimate of drug-likeness (QED) is 0.180. The molecule has 3 fully saturated rings. The monoisotopic (exact) mass is 578 g/mol. The van der Waals surface area contributed by atoms with E-state index in [-0.39, 0.29) is 72.5 Å². The van der Waals surface area contributed by atoms with Gasteiger partial charge in [-0.05, 0) is 22.8 Å². The van der Waals surface area contributed by atoms with Crippen molar-refractivity contribution in [1.82, 2.24) is 35.3 Å². The summed E-state index contributed by atoms with van der Waals surface area (Å²) in [6.45, 7) is 3.86. The van der Waals surface area contributed by atoms with E-state index in [0.717, 1.165) is 0 Å². The first kappa shape index (κ1) is 28.6. The van der Waals surface area contributed by atoms with Crippen LogP contribution < -0.4 is 11.1 Å². The molecule has 40 heavy (non-hydrogen) atoms. The zero-order chi connectivity index (χ0) is 28.9. The standard InChI is InChI=1S/C24H34N8O7S/c1-10(3-12(34)6-30-9-27-28-29-30)17-19-11(2)21(20(24(38)39)32(19)23(17)37)40-13-4-14(26-5-13)22(36)31-7-16(35)18(25)15(31)8-33/h9-11,13-19,26,33,35H,3-8,25H2,1-2H3,(H,38,39)/t10-,11+,13-,14-,15+,16+,17+,18+,19+/m0/s1. The number of ketones is 1. The lowest BCUT2D eigenvalue weighted by molar-refractivity contribution is -0.160. The van der Waals surface area contributed by atoms with Crippen molar-refractivity contribution in [3.63, 3.8) is 0 Å². The van der Waals surface area contributed by atoms with Gasteiger partial charge in [-0.15, -0.1) is 16.9 Å². The Bertz CT molecular complexity index is 1210. The van der Waals surface area contributed by atoms with Gasteiger partial charge in [0.25, 0.3) is 0 Å². The Hall–Kier alpha value is -2.92. The second-order valence-corrected chi connectivity index (χ2v) is 12.4. The molecule has 3 saturated heterocycles. The molecule has 4 aliphatic heterocycles. The Morgan fingerprint density at radius 1 is 1.32 bits per heavy atom. The maximum absolute atomic E-state index is 13.2. The number of nitrogens with two attached hydrogens (primary N) is 1. The van der Waals surface area contributed by atoms with Crippen LogP contribution in [0, 0.1) is 17.8 Å². The molecule has 218 valence electrons. The summed E-state index contributed by atoms with van der Waals surface area (Å²) in [5, 5.41) is 43.6. The summed E-state index contributed by atoms with van der Waals surface area (Å²) in [6, 6.07) is -2.32. The summed E-state index contributed by atoms with van der Waals surface area (Å²) in [6.07, 6.45) is 0.978. The largest absolute Gasteiger partial charge is 0.477 e. The molecule has 4 aliphatic rings. The smallest absolute Gasteiger partial charge is 0.353 e. The molecule has 0 bridgehead atoms. The average molecular weight is 579 g/mol. The van der Waals surface area contributed by atoms with E-state index < -0.39 is 36.1 Å². The summed E-state index contributed by atoms with van der Waals surface area (Å²) in [4.78, 5) is 54.6. The van der Waals surface area contributed by atoms with E-state index in [0.29, 0.717) is 17.9 Å². The SMILES string of the molecule is C[C@@H](CC(=O)Cn1cnnn1)[C@H]1C(=O)N2C(C(=O)O)=C(S[C@@H]3CN[C@H](C(=O)N4C[C@@H](O)[C@H](N)[C@H]4CO)C3)[C@H](C)[C@H]12. The molecule has 0 unspecified atom stereocenters. The van der Waals surface area contributed by atoms with Gasteiger partial charge in [-0.2, -0.15) is 0 Å². The van der Waals surface area contributed by atoms with Gasteiger partial charge in [-0.1, -0.05) is 13.8 Å². The van der Waals surface area contributed by atoms with Gasteiger partial charge in [0.1, 0.15) is 18.6 Å². The Morgan fingerprint density at radius 2 is 2.08 bits per heavy atom. The number of nitrogens with one attached hydrogen (secondary N) is 1. The molecule has 2 amide bonds. The molecule has 0 saturated carbocycles. The number of β-lactam (4-membered cyclic amide) rings is 1. The third-order valence-electron chi connectivity index (χ3n) is 8.51. The summed E-state index contributed by atoms with van der Waals surface area (Å²) in [7, 11) is 0. The van der Waals surface area contributed by atoms with Crippen molar-refractivity contribution in [3.05, 3.63) is 16.9 Å². The number of carbonyl (C=O) groups excluding carboxylic acids is 3. The number of rotatable bonds is 10. The highest BCUT2D eigenvalue weighted by molar-refractivity contribution is 8.03. The number of carbonyl (C=O) groups is 4. The molecule has 16 heteroatoms. The number of aliphatic hydroxyl groups excluding tert-OH is 2. The molecule has 5 heterocycles. The van der Waals surface area contributed by atoms with Crippen LogP contribution in [0.1, 0.15) is 26.7 Å². The maximum Gasteiger partial charge on any atom is 0.353 e. The minimum absolute atomic E-state index is 0.00213. The van der Waals surface area contributed by atoms with E-state index in [9.17, 15) is 34.5 Å². The van der Waals surface area contributed by atoms with Gasteiger partial charge in [-0.25, -0.2) is 9.48 Å². The second-order valence-electron chi connectivity index (χ2n) is 11.1. The fourth-order valence-electron chi connectivity index (χ4n) is 6.51. The van der Waals surface area contributed by atoms with Crippen LogP contribution in [0.4, 0.5) is 0 Å². The minimum Gasteiger partial charge on any atom is -0.477 e. The van der Waals surface area contributed by atoms with Crippen LogP contribution in [-0.4, -0.2) is 124 Å². The number of carboxylic acids is 1. The van der Waals surface area contributed by atoms with Crippen LogP contribution in [0.5, 0.6) is 0 Å². The Morgan fingerprint density at radius 3 is 2.73 bits per heavy atom. The zero-order valence-corrected chi connectivity index (χ0v) is 23.0. The van der Waals surface area contributed by atoms with Crippen LogP contribution in [0.3, 0.4) is 0 Å². The van der Waals surface area contributed by atoms with Gasteiger partial charge in [0, 0.05) is 35.6 Å². The predicted octanol–water partition coefficient (Wildman–Crippen LogP) is -2.60. The molecular formula is C24H34N8O7S. The number of fused-ring (bicyclic) bond motifs is 1. The highest BCUT2D eigenvalue weighted by Crippen LogP contribution is 2.53. The topological polar surface area (TPSA) is 217 Å². The van der Waals surface area contributed by atoms with E-state index in [1.807, 2.05) is 13.8 Å². The van der Waals surface area contributed by atoms with Crippen molar-refractivity contribution in [2.75, 3.05) is 19.7 Å². The van der Waals surface area contributed by atoms with Crippen LogP contribution in [0.15, 0.2) is 16.9 Å². The number of Topliss-reactive ketones (excluding diaryl/α,β-unsaturated/α-hetero) is 1. The fraction of sp³-hybridized carbons (Fsp3) is 0.708. The molecule has 5 rings (SSSR count). The number of aliphatic carboxylic acids is 1. The molecule has 0 spiro atoms. The summed E-state index contributed by atoms with van der Waals surface area (Å²) in [5.41, 5.74) is 5.91. The molecule has 15 nitrogen and oxygen atoms in total. The van der Waals surface area contributed by atoms with Crippen LogP contribution in [-0.2, 0) is 25.7 Å². The number of hydrogen-bond acceptors (Lipinski definition) is 12. The van der Waals surface area contributed by atoms with Gasteiger partial charge in [0.2, 0.25) is 11.8 Å². The zero-order valence-electron chi connectivity index (χ0n) is 22.2. The normalized spacial score (nSPS) is 34.3. The van der Waals surface area contributed by atoms with Crippen molar-refractivity contribution >= 4 is 35.3 Å². The fourth-order valence-corrected chi connectivity index (χ4v) is 7.99. The Balaban J connectivity index is 1.24. The third-order valence-corrected chi connectivity index (χ3v) is 10.0. The molecular weight excluding hydrogens is 544 g/mol. The van der Waals surface area contributed by atoms with Gasteiger partial charge >= 0.3 is 5.97 Å². The number of hydrogen-bond donors (Lipinski definition) is 5. The molecule has 0 aromatic carbocycles. The van der Waals surface area contributed by atoms with E-state index in [1.165, 1.54) is 32.6 Å². The number of amides is 2. The Labute approximate surface area is 234 Å². The summed E-state index contributed by atoms with van der Waals surface area (Å²) < 4.78 is 1.32. The van der Waals surface area contributed by atoms with Gasteiger partial charge < -0.3 is 36.2 Å². The molecule has 9 atom stereocenters. The number of tetrazole rings is 1. The number of thioether (sulfide) groups is 1. The van der Waals surface area contributed by atoms with Crippen molar-refractivity contribution < 1.29 is 34.5 Å². The highest BCUT2D eigenvalue weighted by Gasteiger charge is 2.60. The summed E-state index contributed by atoms with van der Waals surface area (Å²) >= 11 is 1.37. The number of β-amino-alcohol motifs (C(OH)–C–C–N with tert-alkyl or cyclic N) is 1. The van der Waals surface area contributed by atoms with Crippen molar-refractivity contribution in [3.8, 4) is 0 Å². The van der Waals surface area contributed by atoms with Crippen LogP contribution in [0.25, 0.3) is 0 Å². The number of carboxylic acid groups (broad SMARTS) is 1. The van der Waals surface area contributed by atoms with E-state index in [4.69, 9.17) is 5.73 Å². The number of nitrogens with zero attached hydrogens (tertiary/aromatic N) is 6. The molecule has 0 aliphatic carbocycles. The van der Waals surface area contributed by atoms with Crippen LogP contribution >= 0.6 is 11.8 Å². The van der Waals surface area contributed by atoms with E-state index >= 15 is 0 Å². The lowest BCUT2D eigenvalue weighted by Crippen LogP contribution is -2.62. The van der Waals surface area contributed by atoms with Gasteiger partial charge in [0.05, 0.1) is 42.8 Å². The lowest BCUT2D eigenvalue weighted by Gasteiger charge is -2.47. The number of aromatic nitrogens is 4. The van der Waals surface area contributed by atoms with Crippen molar-refractivity contribution in [2.24, 2.45) is 23.5 Å². The highest BCUT2D eigenvalue weighted by atomic mass is 32.2. The van der Waals surface area contributed by atoms with E-state index in [1.54, 1.807) is 0 Å². The summed E-state index contributed by atoms with van der Waals surface area (Å²) in [5.74, 6) is -2.91. The molecule has 1 aromatic heterocycles. The number of likely N-dealkylation sites (tertiary alicyclic amines) is 1. The lowest BCUT2D eigenvalue weighted by atomic mass is 9.73. The first-order valence-electron chi connectivity index (χ1n) is 13.3. The average Bonchev–Trinajstić information content (AvgIpc) is 3.67. The predicted molar refractivity (Wildman–Crippen MR) is 139 cm³/mol. The number of aliphatic hydroxyl groups is 2. The minimum atomic E-state index is -1.18. The van der Waals surface area contributed by atoms with E-state index in [2.05, 4.69) is 20.8 Å².